The van der Waals surface area contributed by atoms with Gasteiger partial charge in [-0.2, -0.15) is 0 Å². The molecule has 0 aromatic carbocycles. The van der Waals surface area contributed by atoms with Crippen LogP contribution in [-0.4, -0.2) is 48.4 Å². The van der Waals surface area contributed by atoms with Gasteiger partial charge >= 0.3 is 5.97 Å². The maximum absolute atomic E-state index is 12.4. The summed E-state index contributed by atoms with van der Waals surface area (Å²) in [4.78, 5) is 23.4. The van der Waals surface area contributed by atoms with Crippen molar-refractivity contribution in [2.45, 2.75) is 50.7 Å². The number of rotatable bonds is 4. The Morgan fingerprint density at radius 3 is 2.52 bits per heavy atom. The lowest BCUT2D eigenvalue weighted by Gasteiger charge is -2.50. The molecule has 1 spiro atoms. The Bertz CT molecular complexity index is 434. The topological polar surface area (TPSA) is 84.9 Å². The third-order valence-corrected chi connectivity index (χ3v) is 5.33. The Morgan fingerprint density at radius 1 is 1.29 bits per heavy atom. The standard InChI is InChI=1S/C15H23NO5/c1-2-14(8-20-9-14)13(19)16-11-3-4-21-15(7-11)5-10(6-15)12(17)18/h10-11H,2-9H2,1H3,(H,16,19)(H,17,18). The number of carboxylic acid groups (broad SMARTS) is 1. The molecular weight excluding hydrogens is 274 g/mol. The lowest BCUT2D eigenvalue weighted by atomic mass is 9.66. The number of carbonyl (C=O) groups is 2. The summed E-state index contributed by atoms with van der Waals surface area (Å²) in [6, 6.07) is 0.0880. The summed E-state index contributed by atoms with van der Waals surface area (Å²) in [7, 11) is 0. The highest BCUT2D eigenvalue weighted by Gasteiger charge is 2.52. The predicted molar refractivity (Wildman–Crippen MR) is 73.8 cm³/mol. The number of carbonyl (C=O) groups excluding carboxylic acids is 1. The minimum Gasteiger partial charge on any atom is -0.481 e. The van der Waals surface area contributed by atoms with E-state index < -0.39 is 5.97 Å². The summed E-state index contributed by atoms with van der Waals surface area (Å²) in [6.45, 7) is 3.61. The fourth-order valence-corrected chi connectivity index (χ4v) is 3.63. The number of hydrogen-bond acceptors (Lipinski definition) is 4. The fraction of sp³-hybridized carbons (Fsp3) is 0.867. The van der Waals surface area contributed by atoms with E-state index in [0.717, 1.165) is 19.3 Å². The molecule has 118 valence electrons. The highest BCUT2D eigenvalue weighted by atomic mass is 16.5. The molecular formula is C15H23NO5. The molecule has 1 atom stereocenters. The molecule has 21 heavy (non-hydrogen) atoms. The van der Waals surface area contributed by atoms with Gasteiger partial charge in [-0.3, -0.25) is 9.59 Å². The summed E-state index contributed by atoms with van der Waals surface area (Å²) in [5, 5.41) is 12.1. The van der Waals surface area contributed by atoms with Crippen molar-refractivity contribution in [1.82, 2.24) is 5.32 Å². The van der Waals surface area contributed by atoms with E-state index in [1.54, 1.807) is 0 Å². The Kier molecular flexibility index (Phi) is 3.69. The summed E-state index contributed by atoms with van der Waals surface area (Å²) in [5.74, 6) is -0.958. The molecule has 0 aromatic heterocycles. The van der Waals surface area contributed by atoms with E-state index in [1.807, 2.05) is 6.92 Å². The van der Waals surface area contributed by atoms with E-state index in [-0.39, 0.29) is 28.9 Å². The van der Waals surface area contributed by atoms with Crippen molar-refractivity contribution >= 4 is 11.9 Å². The number of carboxylic acids is 1. The van der Waals surface area contributed by atoms with Gasteiger partial charge in [0.25, 0.3) is 0 Å². The second-order valence-corrected chi connectivity index (χ2v) is 6.76. The predicted octanol–water partition coefficient (Wildman–Crippen LogP) is 0.942. The van der Waals surface area contributed by atoms with Gasteiger partial charge in [-0.15, -0.1) is 0 Å². The zero-order chi connectivity index (χ0) is 15.1. The molecule has 1 unspecified atom stereocenters. The lowest BCUT2D eigenvalue weighted by Crippen LogP contribution is -2.60. The van der Waals surface area contributed by atoms with Crippen molar-refractivity contribution < 1.29 is 24.2 Å². The molecule has 2 N–H and O–H groups in total. The first kappa shape index (κ1) is 14.8. The Labute approximate surface area is 124 Å². The second-order valence-electron chi connectivity index (χ2n) is 6.76. The molecule has 1 amide bonds. The van der Waals surface area contributed by atoms with Crippen molar-refractivity contribution in [3.63, 3.8) is 0 Å². The van der Waals surface area contributed by atoms with Gasteiger partial charge in [0, 0.05) is 12.6 Å². The quantitative estimate of drug-likeness (QED) is 0.807. The molecule has 6 heteroatoms. The van der Waals surface area contributed by atoms with Crippen LogP contribution in [0.3, 0.4) is 0 Å². The largest absolute Gasteiger partial charge is 0.481 e. The van der Waals surface area contributed by atoms with Crippen LogP contribution in [-0.2, 0) is 19.1 Å². The summed E-state index contributed by atoms with van der Waals surface area (Å²) in [5.41, 5.74) is -0.677. The van der Waals surface area contributed by atoms with Crippen LogP contribution in [0.1, 0.15) is 39.0 Å². The van der Waals surface area contributed by atoms with E-state index in [4.69, 9.17) is 14.6 Å². The maximum Gasteiger partial charge on any atom is 0.306 e. The van der Waals surface area contributed by atoms with Gasteiger partial charge in [0.1, 0.15) is 0 Å². The highest BCUT2D eigenvalue weighted by Crippen LogP contribution is 2.46. The molecule has 1 saturated carbocycles. The monoisotopic (exact) mass is 297 g/mol. The normalized spacial score (nSPS) is 37.4. The number of amides is 1. The van der Waals surface area contributed by atoms with Gasteiger partial charge in [0.2, 0.25) is 5.91 Å². The van der Waals surface area contributed by atoms with E-state index in [0.29, 0.717) is 32.7 Å². The third-order valence-electron chi connectivity index (χ3n) is 5.33. The first-order valence-corrected chi connectivity index (χ1v) is 7.74. The van der Waals surface area contributed by atoms with Crippen molar-refractivity contribution in [3.05, 3.63) is 0 Å². The van der Waals surface area contributed by atoms with Crippen molar-refractivity contribution in [2.75, 3.05) is 19.8 Å². The van der Waals surface area contributed by atoms with Crippen LogP contribution in [0, 0.1) is 11.3 Å². The molecule has 0 radical (unpaired) electrons. The smallest absolute Gasteiger partial charge is 0.306 e. The van der Waals surface area contributed by atoms with Crippen molar-refractivity contribution in [1.29, 1.82) is 0 Å². The van der Waals surface area contributed by atoms with Crippen LogP contribution in [0.5, 0.6) is 0 Å². The Morgan fingerprint density at radius 2 is 2.00 bits per heavy atom. The number of aliphatic carboxylic acids is 1. The van der Waals surface area contributed by atoms with Crippen molar-refractivity contribution in [2.24, 2.45) is 11.3 Å². The van der Waals surface area contributed by atoms with Crippen molar-refractivity contribution in [3.8, 4) is 0 Å². The molecule has 3 fully saturated rings. The SMILES string of the molecule is CCC1(C(=O)NC2CCOC3(C2)CC(C(=O)O)C3)COC1. The Balaban J connectivity index is 1.55. The van der Waals surface area contributed by atoms with E-state index in [2.05, 4.69) is 5.32 Å². The van der Waals surface area contributed by atoms with E-state index in [1.165, 1.54) is 0 Å². The third kappa shape index (κ3) is 2.55. The van der Waals surface area contributed by atoms with Gasteiger partial charge < -0.3 is 19.9 Å². The number of nitrogens with one attached hydrogen (secondary N) is 1. The average Bonchev–Trinajstić information content (AvgIpc) is 2.35. The Hall–Kier alpha value is -1.14. The zero-order valence-electron chi connectivity index (χ0n) is 12.4. The minimum atomic E-state index is -0.744. The average molecular weight is 297 g/mol. The first-order valence-electron chi connectivity index (χ1n) is 7.74. The van der Waals surface area contributed by atoms with Gasteiger partial charge in [-0.05, 0) is 32.1 Å². The molecule has 2 heterocycles. The molecule has 2 saturated heterocycles. The highest BCUT2D eigenvalue weighted by molar-refractivity contribution is 5.84. The zero-order valence-corrected chi connectivity index (χ0v) is 12.4. The van der Waals surface area contributed by atoms with Crippen LogP contribution in [0.2, 0.25) is 0 Å². The van der Waals surface area contributed by atoms with Gasteiger partial charge in [0.15, 0.2) is 0 Å². The summed E-state index contributed by atoms with van der Waals surface area (Å²) >= 11 is 0. The molecule has 6 nitrogen and oxygen atoms in total. The summed E-state index contributed by atoms with van der Waals surface area (Å²) in [6.07, 6.45) is 3.44. The molecule has 3 aliphatic rings. The van der Waals surface area contributed by atoms with Crippen LogP contribution >= 0.6 is 0 Å². The first-order chi connectivity index (χ1) is 9.99. The molecule has 0 bridgehead atoms. The van der Waals surface area contributed by atoms with Crippen LogP contribution in [0.25, 0.3) is 0 Å². The molecule has 2 aliphatic heterocycles. The molecule has 0 aromatic rings. The summed E-state index contributed by atoms with van der Waals surface area (Å²) < 4.78 is 11.0. The number of ether oxygens (including phenoxy) is 2. The van der Waals surface area contributed by atoms with Crippen LogP contribution < -0.4 is 5.32 Å². The van der Waals surface area contributed by atoms with Gasteiger partial charge in [-0.25, -0.2) is 0 Å². The number of hydrogen-bond donors (Lipinski definition) is 2. The van der Waals surface area contributed by atoms with E-state index in [9.17, 15) is 9.59 Å². The second kappa shape index (κ2) is 5.25. The lowest BCUT2D eigenvalue weighted by molar-refractivity contribution is -0.184. The van der Waals surface area contributed by atoms with Crippen LogP contribution in [0.4, 0.5) is 0 Å². The van der Waals surface area contributed by atoms with E-state index >= 15 is 0 Å². The maximum atomic E-state index is 12.4. The van der Waals surface area contributed by atoms with Gasteiger partial charge in [0.05, 0.1) is 30.1 Å². The molecule has 1 aliphatic carbocycles. The van der Waals surface area contributed by atoms with Gasteiger partial charge in [-0.1, -0.05) is 6.92 Å². The molecule has 3 rings (SSSR count). The fourth-order valence-electron chi connectivity index (χ4n) is 3.63. The minimum absolute atomic E-state index is 0.0763. The van der Waals surface area contributed by atoms with Crippen LogP contribution in [0.15, 0.2) is 0 Å².